The van der Waals surface area contributed by atoms with Crippen molar-refractivity contribution in [3.8, 4) is 5.75 Å². The van der Waals surface area contributed by atoms with Gasteiger partial charge < -0.3 is 20.3 Å². The zero-order valence-corrected chi connectivity index (χ0v) is 16.7. The van der Waals surface area contributed by atoms with Crippen LogP contribution in [0, 0.1) is 11.7 Å². The first-order valence-electron chi connectivity index (χ1n) is 9.75. The molecule has 1 aliphatic rings. The first-order chi connectivity index (χ1) is 14.5. The average molecular weight is 413 g/mol. The Morgan fingerprint density at radius 1 is 1.10 bits per heavy atom. The van der Waals surface area contributed by atoms with E-state index in [4.69, 9.17) is 4.74 Å². The minimum absolute atomic E-state index is 0.103. The number of carbonyl (C=O) groups excluding carboxylic acids is 3. The number of amides is 3. The molecular weight excluding hydrogens is 389 g/mol. The van der Waals surface area contributed by atoms with Gasteiger partial charge in [0.15, 0.2) is 6.61 Å². The first kappa shape index (κ1) is 21.3. The number of anilines is 1. The Kier molecular flexibility index (Phi) is 7.00. The second-order valence-corrected chi connectivity index (χ2v) is 7.05. The fraction of sp³-hybridized carbons (Fsp3) is 0.318. The molecule has 3 amide bonds. The summed E-state index contributed by atoms with van der Waals surface area (Å²) in [6, 6.07) is 12.3. The molecule has 0 bridgehead atoms. The van der Waals surface area contributed by atoms with E-state index in [1.165, 1.54) is 31.3 Å². The van der Waals surface area contributed by atoms with E-state index in [2.05, 4.69) is 10.6 Å². The molecule has 1 fully saturated rings. The van der Waals surface area contributed by atoms with Crippen LogP contribution in [0.1, 0.15) is 23.2 Å². The van der Waals surface area contributed by atoms with Crippen molar-refractivity contribution in [2.24, 2.45) is 5.92 Å². The number of carbonyl (C=O) groups is 3. The van der Waals surface area contributed by atoms with Crippen molar-refractivity contribution in [1.29, 1.82) is 0 Å². The maximum atomic E-state index is 13.0. The number of hydrogen-bond donors (Lipinski definition) is 2. The van der Waals surface area contributed by atoms with Gasteiger partial charge in [0.05, 0.1) is 0 Å². The SMILES string of the molecule is CNC(=O)COc1cccc(NC(=O)C2CCN(C(=O)c3ccc(F)cc3)CC2)c1. The summed E-state index contributed by atoms with van der Waals surface area (Å²) in [4.78, 5) is 38.1. The van der Waals surface area contributed by atoms with Gasteiger partial charge in [-0.1, -0.05) is 6.07 Å². The molecule has 0 unspecified atom stereocenters. The van der Waals surface area contributed by atoms with E-state index in [9.17, 15) is 18.8 Å². The third-order valence-corrected chi connectivity index (χ3v) is 4.99. The number of piperidine rings is 1. The molecule has 7 nitrogen and oxygen atoms in total. The number of hydrogen-bond acceptors (Lipinski definition) is 4. The molecule has 0 aliphatic carbocycles. The number of halogens is 1. The number of nitrogens with one attached hydrogen (secondary N) is 2. The lowest BCUT2D eigenvalue weighted by atomic mass is 9.95. The average Bonchev–Trinajstić information content (AvgIpc) is 2.78. The highest BCUT2D eigenvalue weighted by Crippen LogP contribution is 2.23. The van der Waals surface area contributed by atoms with E-state index < -0.39 is 0 Å². The summed E-state index contributed by atoms with van der Waals surface area (Å²) in [5.41, 5.74) is 1.02. The number of likely N-dealkylation sites (N-methyl/N-ethyl adjacent to an activating group) is 1. The molecule has 0 radical (unpaired) electrons. The van der Waals surface area contributed by atoms with Crippen molar-refractivity contribution in [3.05, 3.63) is 59.9 Å². The van der Waals surface area contributed by atoms with E-state index in [0.717, 1.165) is 0 Å². The predicted molar refractivity (Wildman–Crippen MR) is 110 cm³/mol. The molecule has 0 aromatic heterocycles. The van der Waals surface area contributed by atoms with E-state index in [-0.39, 0.29) is 36.1 Å². The van der Waals surface area contributed by atoms with Gasteiger partial charge >= 0.3 is 0 Å². The normalized spacial score (nSPS) is 14.1. The number of likely N-dealkylation sites (tertiary alicyclic amines) is 1. The maximum Gasteiger partial charge on any atom is 0.257 e. The Balaban J connectivity index is 1.51. The van der Waals surface area contributed by atoms with Gasteiger partial charge in [-0.2, -0.15) is 0 Å². The zero-order chi connectivity index (χ0) is 21.5. The van der Waals surface area contributed by atoms with Crippen LogP contribution >= 0.6 is 0 Å². The van der Waals surface area contributed by atoms with E-state index in [1.807, 2.05) is 0 Å². The summed E-state index contributed by atoms with van der Waals surface area (Å²) in [5, 5.41) is 5.34. The number of rotatable bonds is 6. The Hall–Kier alpha value is -3.42. The van der Waals surface area contributed by atoms with Crippen molar-refractivity contribution in [2.45, 2.75) is 12.8 Å². The Morgan fingerprint density at radius 2 is 1.80 bits per heavy atom. The lowest BCUT2D eigenvalue weighted by Gasteiger charge is -2.31. The first-order valence-corrected chi connectivity index (χ1v) is 9.75. The van der Waals surface area contributed by atoms with Gasteiger partial charge in [-0.05, 0) is 49.2 Å². The minimum atomic E-state index is -0.384. The largest absolute Gasteiger partial charge is 0.484 e. The molecule has 1 heterocycles. The molecule has 158 valence electrons. The van der Waals surface area contributed by atoms with E-state index in [1.54, 1.807) is 29.2 Å². The van der Waals surface area contributed by atoms with E-state index >= 15 is 0 Å². The molecule has 2 aromatic carbocycles. The minimum Gasteiger partial charge on any atom is -0.484 e. The molecular formula is C22H24FN3O4. The van der Waals surface area contributed by atoms with Crippen LogP contribution in [-0.4, -0.2) is 49.4 Å². The van der Waals surface area contributed by atoms with Crippen molar-refractivity contribution < 1.29 is 23.5 Å². The summed E-state index contributed by atoms with van der Waals surface area (Å²) in [7, 11) is 1.53. The van der Waals surface area contributed by atoms with Gasteiger partial charge in [0.25, 0.3) is 11.8 Å². The van der Waals surface area contributed by atoms with Crippen LogP contribution < -0.4 is 15.4 Å². The summed E-state index contributed by atoms with van der Waals surface area (Å²) in [6.45, 7) is 0.821. The Bertz CT molecular complexity index is 909. The molecule has 30 heavy (non-hydrogen) atoms. The van der Waals surface area contributed by atoms with Gasteiger partial charge in [0.1, 0.15) is 11.6 Å². The number of benzene rings is 2. The monoisotopic (exact) mass is 413 g/mol. The smallest absolute Gasteiger partial charge is 0.257 e. The second-order valence-electron chi connectivity index (χ2n) is 7.05. The molecule has 8 heteroatoms. The summed E-state index contributed by atoms with van der Waals surface area (Å²) in [6.07, 6.45) is 1.09. The topological polar surface area (TPSA) is 87.7 Å². The molecule has 2 N–H and O–H groups in total. The fourth-order valence-electron chi connectivity index (χ4n) is 3.25. The molecule has 0 saturated carbocycles. The summed E-state index contributed by atoms with van der Waals surface area (Å²) in [5.74, 6) is -0.632. The van der Waals surface area contributed by atoms with Crippen LogP contribution in [0.5, 0.6) is 5.75 Å². The number of ether oxygens (including phenoxy) is 1. The molecule has 3 rings (SSSR count). The fourth-order valence-corrected chi connectivity index (χ4v) is 3.25. The van der Waals surface area contributed by atoms with Gasteiger partial charge in [-0.25, -0.2) is 4.39 Å². The van der Waals surface area contributed by atoms with E-state index in [0.29, 0.717) is 42.9 Å². The van der Waals surface area contributed by atoms with Crippen LogP contribution in [0.3, 0.4) is 0 Å². The zero-order valence-electron chi connectivity index (χ0n) is 16.7. The van der Waals surface area contributed by atoms with Crippen LogP contribution in [0.2, 0.25) is 0 Å². The third-order valence-electron chi connectivity index (χ3n) is 4.99. The quantitative estimate of drug-likeness (QED) is 0.762. The Morgan fingerprint density at radius 3 is 2.47 bits per heavy atom. The Labute approximate surface area is 174 Å². The molecule has 1 aliphatic heterocycles. The molecule has 0 spiro atoms. The van der Waals surface area contributed by atoms with Crippen molar-refractivity contribution in [2.75, 3.05) is 32.1 Å². The van der Waals surface area contributed by atoms with Crippen molar-refractivity contribution >= 4 is 23.4 Å². The lowest BCUT2D eigenvalue weighted by Crippen LogP contribution is -2.41. The number of nitrogens with zero attached hydrogens (tertiary/aromatic N) is 1. The van der Waals surface area contributed by atoms with Crippen LogP contribution in [0.4, 0.5) is 10.1 Å². The molecule has 1 saturated heterocycles. The summed E-state index contributed by atoms with van der Waals surface area (Å²) >= 11 is 0. The van der Waals surface area contributed by atoms with Gasteiger partial charge in [-0.15, -0.1) is 0 Å². The third kappa shape index (κ3) is 5.56. The molecule has 2 aromatic rings. The van der Waals surface area contributed by atoms with Crippen molar-refractivity contribution in [3.63, 3.8) is 0 Å². The highest BCUT2D eigenvalue weighted by molar-refractivity contribution is 5.95. The summed E-state index contributed by atoms with van der Waals surface area (Å²) < 4.78 is 18.4. The lowest BCUT2D eigenvalue weighted by molar-refractivity contribution is -0.122. The van der Waals surface area contributed by atoms with Crippen LogP contribution in [-0.2, 0) is 9.59 Å². The van der Waals surface area contributed by atoms with Crippen molar-refractivity contribution in [1.82, 2.24) is 10.2 Å². The highest BCUT2D eigenvalue weighted by atomic mass is 19.1. The maximum absolute atomic E-state index is 13.0. The highest BCUT2D eigenvalue weighted by Gasteiger charge is 2.28. The standard InChI is InChI=1S/C22H24FN3O4/c1-24-20(27)14-30-19-4-2-3-18(13-19)25-21(28)15-9-11-26(12-10-15)22(29)16-5-7-17(23)8-6-16/h2-8,13,15H,9-12,14H2,1H3,(H,24,27)(H,25,28). The molecule has 0 atom stereocenters. The van der Waals surface area contributed by atoms with Gasteiger partial charge in [0.2, 0.25) is 5.91 Å². The predicted octanol–water partition coefficient (Wildman–Crippen LogP) is 2.44. The van der Waals surface area contributed by atoms with Crippen LogP contribution in [0.25, 0.3) is 0 Å². The van der Waals surface area contributed by atoms with Gasteiger partial charge in [0, 0.05) is 43.4 Å². The second kappa shape index (κ2) is 9.87. The van der Waals surface area contributed by atoms with Gasteiger partial charge in [-0.3, -0.25) is 14.4 Å². The van der Waals surface area contributed by atoms with Crippen LogP contribution in [0.15, 0.2) is 48.5 Å².